The third-order valence-electron chi connectivity index (χ3n) is 4.81. The summed E-state index contributed by atoms with van der Waals surface area (Å²) in [5, 5.41) is 0.848. The second-order valence-electron chi connectivity index (χ2n) is 7.00. The first-order valence-corrected chi connectivity index (χ1v) is 11.6. The summed E-state index contributed by atoms with van der Waals surface area (Å²) in [7, 11) is 1.37. The Morgan fingerprint density at radius 1 is 1.03 bits per heavy atom. The van der Waals surface area contributed by atoms with Gasteiger partial charge in [-0.2, -0.15) is 0 Å². The SMILES string of the molecule is CCOCCCn1c(SCc2cccc(C(=O)OC)c2)nc2cc(C(=O)OCC)ccc21. The number of carbonyl (C=O) groups excluding carboxylic acids is 2. The standard InChI is InChI=1S/C24H28N2O5S/c1-4-30-13-7-12-26-21-11-10-19(23(28)31-5-2)15-20(21)25-24(26)32-16-17-8-6-9-18(14-17)22(27)29-3/h6,8-11,14-15H,4-5,7,12-13,16H2,1-3H3. The highest BCUT2D eigenvalue weighted by molar-refractivity contribution is 7.98. The van der Waals surface area contributed by atoms with Crippen LogP contribution in [0, 0.1) is 0 Å². The van der Waals surface area contributed by atoms with Gasteiger partial charge in [-0.3, -0.25) is 0 Å². The van der Waals surface area contributed by atoms with Gasteiger partial charge in [-0.1, -0.05) is 23.9 Å². The number of rotatable bonds is 11. The molecule has 1 heterocycles. The monoisotopic (exact) mass is 456 g/mol. The Balaban J connectivity index is 1.86. The van der Waals surface area contributed by atoms with Gasteiger partial charge in [-0.05, 0) is 56.2 Å². The van der Waals surface area contributed by atoms with Crippen LogP contribution in [0.4, 0.5) is 0 Å². The van der Waals surface area contributed by atoms with Crippen LogP contribution in [0.5, 0.6) is 0 Å². The zero-order chi connectivity index (χ0) is 22.9. The summed E-state index contributed by atoms with van der Waals surface area (Å²) < 4.78 is 17.6. The molecule has 0 saturated carbocycles. The lowest BCUT2D eigenvalue weighted by Crippen LogP contribution is -2.05. The molecule has 0 aliphatic carbocycles. The van der Waals surface area contributed by atoms with E-state index < -0.39 is 0 Å². The normalized spacial score (nSPS) is 11.0. The molecule has 170 valence electrons. The summed E-state index contributed by atoms with van der Waals surface area (Å²) in [6.45, 7) is 6.20. The van der Waals surface area contributed by atoms with E-state index in [1.54, 1.807) is 36.9 Å². The molecule has 0 unspecified atom stereocenters. The molecule has 0 atom stereocenters. The van der Waals surface area contributed by atoms with Crippen molar-refractivity contribution in [2.45, 2.75) is 37.7 Å². The van der Waals surface area contributed by atoms with Gasteiger partial charge in [0, 0.05) is 25.5 Å². The van der Waals surface area contributed by atoms with Gasteiger partial charge in [0.05, 0.1) is 35.9 Å². The molecule has 3 aromatic rings. The molecule has 0 aliphatic heterocycles. The van der Waals surface area contributed by atoms with Crippen LogP contribution in [0.15, 0.2) is 47.6 Å². The Hall–Kier alpha value is -2.84. The number of esters is 2. The predicted octanol–water partition coefficient (Wildman–Crippen LogP) is 4.72. The van der Waals surface area contributed by atoms with Crippen LogP contribution in [0.2, 0.25) is 0 Å². The number of ether oxygens (including phenoxy) is 3. The number of hydrogen-bond donors (Lipinski definition) is 0. The van der Waals surface area contributed by atoms with Gasteiger partial charge in [0.25, 0.3) is 0 Å². The molecule has 2 aromatic carbocycles. The molecule has 0 amide bonds. The number of thioether (sulfide) groups is 1. The van der Waals surface area contributed by atoms with E-state index in [1.165, 1.54) is 7.11 Å². The van der Waals surface area contributed by atoms with Crippen LogP contribution in [0.25, 0.3) is 11.0 Å². The first-order valence-electron chi connectivity index (χ1n) is 10.6. The van der Waals surface area contributed by atoms with Crippen LogP contribution < -0.4 is 0 Å². The zero-order valence-corrected chi connectivity index (χ0v) is 19.4. The number of benzene rings is 2. The maximum absolute atomic E-state index is 12.1. The molecular weight excluding hydrogens is 428 g/mol. The number of methoxy groups -OCH3 is 1. The number of hydrogen-bond acceptors (Lipinski definition) is 7. The van der Waals surface area contributed by atoms with Crippen LogP contribution in [-0.4, -0.2) is 48.4 Å². The van der Waals surface area contributed by atoms with Gasteiger partial charge in [-0.15, -0.1) is 0 Å². The van der Waals surface area contributed by atoms with Crippen molar-refractivity contribution in [2.24, 2.45) is 0 Å². The highest BCUT2D eigenvalue weighted by Crippen LogP contribution is 2.28. The Morgan fingerprint density at radius 3 is 2.59 bits per heavy atom. The van der Waals surface area contributed by atoms with Crippen LogP contribution in [0.1, 0.15) is 46.5 Å². The molecule has 0 saturated heterocycles. The molecule has 1 aromatic heterocycles. The van der Waals surface area contributed by atoms with E-state index in [1.807, 2.05) is 31.2 Å². The first-order chi connectivity index (χ1) is 15.6. The maximum Gasteiger partial charge on any atom is 0.338 e. The lowest BCUT2D eigenvalue weighted by molar-refractivity contribution is 0.0525. The van der Waals surface area contributed by atoms with Gasteiger partial charge < -0.3 is 18.8 Å². The first kappa shape index (κ1) is 23.8. The lowest BCUT2D eigenvalue weighted by atomic mass is 10.1. The highest BCUT2D eigenvalue weighted by Gasteiger charge is 2.15. The Labute approximate surface area is 192 Å². The van der Waals surface area contributed by atoms with E-state index in [0.29, 0.717) is 36.7 Å². The van der Waals surface area contributed by atoms with Crippen LogP contribution in [-0.2, 0) is 26.5 Å². The van der Waals surface area contributed by atoms with Gasteiger partial charge in [0.1, 0.15) is 0 Å². The van der Waals surface area contributed by atoms with Crippen molar-refractivity contribution in [3.05, 3.63) is 59.2 Å². The fraction of sp³-hybridized carbons (Fsp3) is 0.375. The van der Waals surface area contributed by atoms with Crippen molar-refractivity contribution in [3.8, 4) is 0 Å². The molecule has 0 radical (unpaired) electrons. The van der Waals surface area contributed by atoms with Crippen molar-refractivity contribution in [1.29, 1.82) is 0 Å². The summed E-state index contributed by atoms with van der Waals surface area (Å²) in [5.41, 5.74) is 3.71. The number of aromatic nitrogens is 2. The minimum atomic E-state index is -0.355. The molecule has 8 heteroatoms. The minimum absolute atomic E-state index is 0.328. The number of imidazole rings is 1. The Morgan fingerprint density at radius 2 is 1.84 bits per heavy atom. The second-order valence-corrected chi connectivity index (χ2v) is 7.94. The van der Waals surface area contributed by atoms with Gasteiger partial charge in [0.15, 0.2) is 5.16 Å². The van der Waals surface area contributed by atoms with Crippen molar-refractivity contribution >= 4 is 34.7 Å². The van der Waals surface area contributed by atoms with Crippen LogP contribution in [0.3, 0.4) is 0 Å². The minimum Gasteiger partial charge on any atom is -0.465 e. The molecule has 0 bridgehead atoms. The van der Waals surface area contributed by atoms with Gasteiger partial charge in [-0.25, -0.2) is 14.6 Å². The van der Waals surface area contributed by atoms with Crippen LogP contribution >= 0.6 is 11.8 Å². The summed E-state index contributed by atoms with van der Waals surface area (Å²) in [4.78, 5) is 28.7. The highest BCUT2D eigenvalue weighted by atomic mass is 32.2. The zero-order valence-electron chi connectivity index (χ0n) is 18.6. The Bertz CT molecular complexity index is 1080. The fourth-order valence-corrected chi connectivity index (χ4v) is 4.28. The maximum atomic E-state index is 12.1. The molecule has 0 spiro atoms. The van der Waals surface area contributed by atoms with Crippen molar-refractivity contribution in [2.75, 3.05) is 26.9 Å². The molecule has 3 rings (SSSR count). The Kier molecular flexibility index (Phi) is 8.70. The van der Waals surface area contributed by atoms with E-state index in [-0.39, 0.29) is 11.9 Å². The summed E-state index contributed by atoms with van der Waals surface area (Å²) >= 11 is 1.58. The van der Waals surface area contributed by atoms with E-state index >= 15 is 0 Å². The average molecular weight is 457 g/mol. The third kappa shape index (κ3) is 5.89. The van der Waals surface area contributed by atoms with E-state index in [2.05, 4.69) is 4.57 Å². The molecular formula is C24H28N2O5S. The van der Waals surface area contributed by atoms with Gasteiger partial charge in [0.2, 0.25) is 0 Å². The summed E-state index contributed by atoms with van der Waals surface area (Å²) in [5.74, 6) is -0.0645. The van der Waals surface area contributed by atoms with Crippen molar-refractivity contribution in [1.82, 2.24) is 9.55 Å². The molecule has 0 N–H and O–H groups in total. The second kappa shape index (κ2) is 11.7. The number of nitrogens with zero attached hydrogens (tertiary/aromatic N) is 2. The van der Waals surface area contributed by atoms with Crippen molar-refractivity contribution in [3.63, 3.8) is 0 Å². The summed E-state index contributed by atoms with van der Waals surface area (Å²) in [6, 6.07) is 12.8. The predicted molar refractivity (Wildman–Crippen MR) is 124 cm³/mol. The molecule has 32 heavy (non-hydrogen) atoms. The average Bonchev–Trinajstić information content (AvgIpc) is 3.17. The fourth-order valence-electron chi connectivity index (χ4n) is 3.30. The molecule has 0 aliphatic rings. The van der Waals surface area contributed by atoms with Gasteiger partial charge >= 0.3 is 11.9 Å². The summed E-state index contributed by atoms with van der Waals surface area (Å²) in [6.07, 6.45) is 0.852. The third-order valence-corrected chi connectivity index (χ3v) is 5.86. The molecule has 0 fully saturated rings. The van der Waals surface area contributed by atoms with E-state index in [0.717, 1.165) is 34.7 Å². The van der Waals surface area contributed by atoms with E-state index in [9.17, 15) is 9.59 Å². The smallest absolute Gasteiger partial charge is 0.338 e. The topological polar surface area (TPSA) is 79.7 Å². The largest absolute Gasteiger partial charge is 0.465 e. The van der Waals surface area contributed by atoms with Crippen molar-refractivity contribution < 1.29 is 23.8 Å². The van der Waals surface area contributed by atoms with E-state index in [4.69, 9.17) is 19.2 Å². The quantitative estimate of drug-likeness (QED) is 0.235. The number of aryl methyl sites for hydroxylation is 1. The number of fused-ring (bicyclic) bond motifs is 1. The molecule has 7 nitrogen and oxygen atoms in total. The number of carbonyl (C=O) groups is 2. The lowest BCUT2D eigenvalue weighted by Gasteiger charge is -2.10.